The van der Waals surface area contributed by atoms with Crippen LogP contribution in [0.2, 0.25) is 0 Å². The molecule has 0 fully saturated rings. The van der Waals surface area contributed by atoms with Crippen LogP contribution in [-0.2, 0) is 0 Å². The van der Waals surface area contributed by atoms with Gasteiger partial charge in [0.05, 0.1) is 0 Å². The smallest absolute Gasteiger partial charge is 0.212 e. The number of carbonyl (C=O) groups is 1. The fourth-order valence-electron chi connectivity index (χ4n) is 1.68. The van der Waals surface area contributed by atoms with E-state index in [4.69, 9.17) is 4.42 Å². The molecule has 1 heterocycles. The van der Waals surface area contributed by atoms with Crippen LogP contribution in [0.3, 0.4) is 0 Å². The van der Waals surface area contributed by atoms with Crippen molar-refractivity contribution in [3.8, 4) is 0 Å². The lowest BCUT2D eigenvalue weighted by atomic mass is 10.1. The summed E-state index contributed by atoms with van der Waals surface area (Å²) >= 11 is 0. The summed E-state index contributed by atoms with van der Waals surface area (Å²) in [6.45, 7) is 3.01. The molecule has 4 nitrogen and oxygen atoms in total. The van der Waals surface area contributed by atoms with Crippen LogP contribution in [0, 0.1) is 6.92 Å². The molecule has 2 aromatic rings. The van der Waals surface area contributed by atoms with Crippen molar-refractivity contribution >= 4 is 17.4 Å². The molecule has 1 aromatic carbocycles. The van der Waals surface area contributed by atoms with E-state index >= 15 is 0 Å². The summed E-state index contributed by atoms with van der Waals surface area (Å²) in [5.41, 5.74) is 0.475. The van der Waals surface area contributed by atoms with Gasteiger partial charge < -0.3 is 9.73 Å². The van der Waals surface area contributed by atoms with Crippen LogP contribution in [0.1, 0.15) is 23.0 Å². The molecule has 0 radical (unpaired) electrons. The standard InChI is InChI=1S/C14H13NO3/c1-9-8-12(17)13(10(2)16)14(18-9)15-11-6-4-3-5-7-11/h3-8,15H,1-2H3. The molecule has 0 bridgehead atoms. The molecular weight excluding hydrogens is 230 g/mol. The van der Waals surface area contributed by atoms with E-state index in [1.807, 2.05) is 30.3 Å². The number of carbonyl (C=O) groups excluding carboxylic acids is 1. The SMILES string of the molecule is CC(=O)c1c(Nc2ccccc2)oc(C)cc1=O. The van der Waals surface area contributed by atoms with Crippen molar-refractivity contribution < 1.29 is 9.21 Å². The highest BCUT2D eigenvalue weighted by atomic mass is 16.4. The lowest BCUT2D eigenvalue weighted by Crippen LogP contribution is -2.15. The Morgan fingerprint density at radius 2 is 1.89 bits per heavy atom. The molecule has 2 rings (SSSR count). The quantitative estimate of drug-likeness (QED) is 0.842. The van der Waals surface area contributed by atoms with Gasteiger partial charge in [0.25, 0.3) is 0 Å². The second-order valence-electron chi connectivity index (χ2n) is 3.97. The van der Waals surface area contributed by atoms with Gasteiger partial charge in [-0.1, -0.05) is 18.2 Å². The Morgan fingerprint density at radius 3 is 2.50 bits per heavy atom. The third-order valence-electron chi connectivity index (χ3n) is 2.45. The Hall–Kier alpha value is -2.36. The number of hydrogen-bond acceptors (Lipinski definition) is 4. The average Bonchev–Trinajstić information content (AvgIpc) is 2.28. The zero-order valence-electron chi connectivity index (χ0n) is 10.2. The van der Waals surface area contributed by atoms with Gasteiger partial charge in [0.15, 0.2) is 11.2 Å². The van der Waals surface area contributed by atoms with Crippen molar-refractivity contribution in [2.24, 2.45) is 0 Å². The number of rotatable bonds is 3. The highest BCUT2D eigenvalue weighted by Gasteiger charge is 2.15. The van der Waals surface area contributed by atoms with Crippen molar-refractivity contribution in [3.63, 3.8) is 0 Å². The summed E-state index contributed by atoms with van der Waals surface area (Å²) < 4.78 is 5.42. The highest BCUT2D eigenvalue weighted by Crippen LogP contribution is 2.20. The fourth-order valence-corrected chi connectivity index (χ4v) is 1.68. The molecule has 0 saturated carbocycles. The number of anilines is 2. The zero-order chi connectivity index (χ0) is 13.1. The van der Waals surface area contributed by atoms with E-state index in [9.17, 15) is 9.59 Å². The van der Waals surface area contributed by atoms with Crippen molar-refractivity contribution in [2.45, 2.75) is 13.8 Å². The van der Waals surface area contributed by atoms with E-state index in [0.717, 1.165) is 5.69 Å². The minimum absolute atomic E-state index is 0.0458. The molecule has 92 valence electrons. The lowest BCUT2D eigenvalue weighted by Gasteiger charge is -2.09. The number of nitrogens with one attached hydrogen (secondary N) is 1. The van der Waals surface area contributed by atoms with E-state index in [1.54, 1.807) is 6.92 Å². The van der Waals surface area contributed by atoms with Crippen LogP contribution in [0.4, 0.5) is 11.6 Å². The van der Waals surface area contributed by atoms with Gasteiger partial charge in [-0.05, 0) is 26.0 Å². The van der Waals surface area contributed by atoms with Crippen LogP contribution in [0.15, 0.2) is 45.6 Å². The van der Waals surface area contributed by atoms with Gasteiger partial charge in [-0.25, -0.2) is 0 Å². The molecule has 4 heteroatoms. The molecule has 0 aliphatic carbocycles. The Balaban J connectivity index is 2.50. The van der Waals surface area contributed by atoms with E-state index < -0.39 is 0 Å². The third-order valence-corrected chi connectivity index (χ3v) is 2.45. The van der Waals surface area contributed by atoms with Crippen LogP contribution in [0.25, 0.3) is 0 Å². The van der Waals surface area contributed by atoms with Crippen molar-refractivity contribution in [1.82, 2.24) is 0 Å². The number of benzene rings is 1. The van der Waals surface area contributed by atoms with E-state index in [-0.39, 0.29) is 22.7 Å². The first-order valence-electron chi connectivity index (χ1n) is 5.55. The predicted octanol–water partition coefficient (Wildman–Crippen LogP) is 2.89. The maximum absolute atomic E-state index is 11.8. The molecule has 0 atom stereocenters. The van der Waals surface area contributed by atoms with Gasteiger partial charge in [0, 0.05) is 11.8 Å². The van der Waals surface area contributed by atoms with Gasteiger partial charge in [0.2, 0.25) is 5.88 Å². The maximum Gasteiger partial charge on any atom is 0.212 e. The summed E-state index contributed by atoms with van der Waals surface area (Å²) in [5.74, 6) is 0.337. The topological polar surface area (TPSA) is 59.3 Å². The number of aryl methyl sites for hydroxylation is 1. The molecule has 18 heavy (non-hydrogen) atoms. The number of hydrogen-bond donors (Lipinski definition) is 1. The monoisotopic (exact) mass is 243 g/mol. The van der Waals surface area contributed by atoms with Crippen LogP contribution < -0.4 is 10.7 Å². The van der Waals surface area contributed by atoms with Crippen molar-refractivity contribution in [2.75, 3.05) is 5.32 Å². The molecule has 0 unspecified atom stereocenters. The van der Waals surface area contributed by atoms with Gasteiger partial charge in [-0.3, -0.25) is 9.59 Å². The molecular formula is C14H13NO3. The Kier molecular flexibility index (Phi) is 3.28. The molecule has 1 N–H and O–H groups in total. The van der Waals surface area contributed by atoms with Crippen LogP contribution in [-0.4, -0.2) is 5.78 Å². The highest BCUT2D eigenvalue weighted by molar-refractivity contribution is 5.98. The van der Waals surface area contributed by atoms with E-state index in [0.29, 0.717) is 5.76 Å². The summed E-state index contributed by atoms with van der Waals surface area (Å²) in [4.78, 5) is 23.3. The van der Waals surface area contributed by atoms with Gasteiger partial charge >= 0.3 is 0 Å². The Labute approximate surface area is 104 Å². The Bertz CT molecular complexity index is 629. The molecule has 0 saturated heterocycles. The minimum atomic E-state index is -0.329. The first-order valence-corrected chi connectivity index (χ1v) is 5.55. The second-order valence-corrected chi connectivity index (χ2v) is 3.97. The number of para-hydroxylation sites is 1. The normalized spacial score (nSPS) is 10.1. The van der Waals surface area contributed by atoms with E-state index in [2.05, 4.69) is 5.32 Å². The molecule has 0 spiro atoms. The van der Waals surface area contributed by atoms with Crippen LogP contribution in [0.5, 0.6) is 0 Å². The zero-order valence-corrected chi connectivity index (χ0v) is 10.2. The first-order chi connectivity index (χ1) is 8.58. The summed E-state index contributed by atoms with van der Waals surface area (Å²) in [5, 5.41) is 2.95. The number of ketones is 1. The second kappa shape index (κ2) is 4.87. The van der Waals surface area contributed by atoms with Crippen molar-refractivity contribution in [1.29, 1.82) is 0 Å². The fraction of sp³-hybridized carbons (Fsp3) is 0.143. The van der Waals surface area contributed by atoms with Gasteiger partial charge in [-0.2, -0.15) is 0 Å². The maximum atomic E-state index is 11.8. The predicted molar refractivity (Wildman–Crippen MR) is 69.4 cm³/mol. The molecule has 0 aliphatic rings. The summed E-state index contributed by atoms with van der Waals surface area (Å²) in [6.07, 6.45) is 0. The molecule has 1 aromatic heterocycles. The average molecular weight is 243 g/mol. The van der Waals surface area contributed by atoms with E-state index in [1.165, 1.54) is 13.0 Å². The summed E-state index contributed by atoms with van der Waals surface area (Å²) in [6, 6.07) is 10.5. The lowest BCUT2D eigenvalue weighted by molar-refractivity contribution is 0.101. The minimum Gasteiger partial charge on any atom is -0.445 e. The molecule has 0 aliphatic heterocycles. The van der Waals surface area contributed by atoms with Crippen LogP contribution >= 0.6 is 0 Å². The largest absolute Gasteiger partial charge is 0.445 e. The summed E-state index contributed by atoms with van der Waals surface area (Å²) in [7, 11) is 0. The molecule has 0 amide bonds. The first kappa shape index (κ1) is 12.1. The Morgan fingerprint density at radius 1 is 1.22 bits per heavy atom. The number of Topliss-reactive ketones (excluding diaryl/α,β-unsaturated/α-hetero) is 1. The third kappa shape index (κ3) is 2.48. The van der Waals surface area contributed by atoms with Gasteiger partial charge in [0.1, 0.15) is 11.3 Å². The van der Waals surface area contributed by atoms with Gasteiger partial charge in [-0.15, -0.1) is 0 Å². The van der Waals surface area contributed by atoms with Crippen molar-refractivity contribution in [3.05, 3.63) is 57.9 Å².